The number of nitrogens with two attached hydrogens (primary N) is 1. The van der Waals surface area contributed by atoms with E-state index in [0.717, 1.165) is 17.6 Å². The number of ketones is 1. The zero-order valence-electron chi connectivity index (χ0n) is 16.1. The summed E-state index contributed by atoms with van der Waals surface area (Å²) in [6.07, 6.45) is -0.778. The lowest BCUT2D eigenvalue weighted by atomic mass is 10.1. The molecule has 27 heavy (non-hydrogen) atoms. The second-order valence-electron chi connectivity index (χ2n) is 4.94. The first-order chi connectivity index (χ1) is 13.1. The molecule has 0 amide bonds. The molecule has 1 aliphatic heterocycles. The molecule has 1 atom stereocenters. The fraction of sp³-hybridized carbons (Fsp3) is 0.286. The van der Waals surface area contributed by atoms with Crippen molar-refractivity contribution in [2.45, 2.75) is 39.6 Å². The molecule has 146 valence electrons. The monoisotopic (exact) mass is 407 g/mol. The first-order valence-electron chi connectivity index (χ1n) is 8.94. The number of benzene rings is 2. The molecular formula is C21H26ClNO3S. The van der Waals surface area contributed by atoms with Crippen LogP contribution in [0.2, 0.25) is 5.02 Å². The number of hydrogen-bond acceptors (Lipinski definition) is 5. The van der Waals surface area contributed by atoms with E-state index in [4.69, 9.17) is 26.3 Å². The fourth-order valence-corrected chi connectivity index (χ4v) is 2.94. The molecule has 0 spiro atoms. The van der Waals surface area contributed by atoms with Crippen LogP contribution in [-0.4, -0.2) is 5.78 Å². The Kier molecular flexibility index (Phi) is 10.5. The van der Waals surface area contributed by atoms with Crippen LogP contribution in [0.25, 0.3) is 0 Å². The first kappa shape index (κ1) is 22.9. The summed E-state index contributed by atoms with van der Waals surface area (Å²) in [5.41, 5.74) is 7.56. The van der Waals surface area contributed by atoms with Crippen molar-refractivity contribution >= 4 is 29.4 Å². The molecule has 0 aromatic heterocycles. The minimum absolute atomic E-state index is 0.00973. The van der Waals surface area contributed by atoms with Crippen LogP contribution >= 0.6 is 23.6 Å². The van der Waals surface area contributed by atoms with E-state index in [2.05, 4.69) is 0 Å². The van der Waals surface area contributed by atoms with Crippen LogP contribution < -0.4 is 5.73 Å². The molecule has 4 nitrogen and oxygen atoms in total. The highest BCUT2D eigenvalue weighted by Crippen LogP contribution is 2.34. The van der Waals surface area contributed by atoms with E-state index in [-0.39, 0.29) is 17.4 Å². The summed E-state index contributed by atoms with van der Waals surface area (Å²) in [5, 5.41) is 0.593. The molecule has 2 aromatic carbocycles. The average Bonchev–Trinajstić information content (AvgIpc) is 3.01. The normalized spacial score (nSPS) is 15.1. The Hall–Kier alpha value is -2.11. The molecular weight excluding hydrogens is 382 g/mol. The molecule has 2 aromatic rings. The Morgan fingerprint density at radius 2 is 1.63 bits per heavy atom. The van der Waals surface area contributed by atoms with Crippen molar-refractivity contribution in [3.8, 4) is 0 Å². The molecule has 0 radical (unpaired) electrons. The van der Waals surface area contributed by atoms with Gasteiger partial charge >= 0.3 is 0 Å². The minimum atomic E-state index is -0.778. The number of Topliss-reactive ketones (excluding diaryl/α,β-unsaturated/α-hetero) is 1. The molecule has 0 saturated carbocycles. The molecule has 0 fully saturated rings. The van der Waals surface area contributed by atoms with Gasteiger partial charge in [-0.2, -0.15) is 0 Å². The lowest BCUT2D eigenvalue weighted by Crippen LogP contribution is -2.10. The van der Waals surface area contributed by atoms with Crippen molar-refractivity contribution in [3.63, 3.8) is 0 Å². The standard InChI is InChI=1S/C17H14ClNO3S.2C2H6/c18-13-8-6-12(7-9-13)15-14(20)16(17(19)21-15)22-23-10-11-4-2-1-3-5-11;2*1-2/h1-9,15H,10,19H2;2*1-2H3. The second kappa shape index (κ2) is 12.3. The average molecular weight is 408 g/mol. The van der Waals surface area contributed by atoms with Gasteiger partial charge in [-0.05, 0) is 17.7 Å². The lowest BCUT2D eigenvalue weighted by molar-refractivity contribution is -0.122. The van der Waals surface area contributed by atoms with Gasteiger partial charge in [-0.25, -0.2) is 0 Å². The van der Waals surface area contributed by atoms with E-state index in [9.17, 15) is 4.79 Å². The van der Waals surface area contributed by atoms with Gasteiger partial charge in [0, 0.05) is 10.6 Å². The van der Waals surface area contributed by atoms with Crippen molar-refractivity contribution in [1.82, 2.24) is 0 Å². The Balaban J connectivity index is 0.000000855. The van der Waals surface area contributed by atoms with Gasteiger partial charge in [0.15, 0.2) is 6.10 Å². The molecule has 2 N–H and O–H groups in total. The van der Waals surface area contributed by atoms with E-state index in [0.29, 0.717) is 16.3 Å². The van der Waals surface area contributed by atoms with Gasteiger partial charge in [0.25, 0.3) is 0 Å². The van der Waals surface area contributed by atoms with Gasteiger partial charge in [0.05, 0.1) is 17.8 Å². The fourth-order valence-electron chi connectivity index (χ4n) is 2.14. The molecule has 6 heteroatoms. The molecule has 3 rings (SSSR count). The van der Waals surface area contributed by atoms with E-state index in [1.54, 1.807) is 24.3 Å². The molecule has 1 heterocycles. The summed E-state index contributed by atoms with van der Waals surface area (Å²) < 4.78 is 10.9. The van der Waals surface area contributed by atoms with Gasteiger partial charge in [0.1, 0.15) is 0 Å². The zero-order valence-corrected chi connectivity index (χ0v) is 17.6. The van der Waals surface area contributed by atoms with E-state index < -0.39 is 6.10 Å². The maximum atomic E-state index is 12.4. The Morgan fingerprint density at radius 3 is 2.22 bits per heavy atom. The van der Waals surface area contributed by atoms with E-state index in [1.807, 2.05) is 58.0 Å². The number of hydrogen-bond donors (Lipinski definition) is 1. The Labute approximate surface area is 170 Å². The molecule has 0 bridgehead atoms. The number of halogens is 1. The Bertz CT molecular complexity index is 733. The summed E-state index contributed by atoms with van der Waals surface area (Å²) in [5.74, 6) is 0.392. The second-order valence-corrected chi connectivity index (χ2v) is 6.07. The minimum Gasteiger partial charge on any atom is -0.460 e. The van der Waals surface area contributed by atoms with Gasteiger partial charge in [-0.1, -0.05) is 81.8 Å². The van der Waals surface area contributed by atoms with Crippen LogP contribution in [0.15, 0.2) is 66.2 Å². The first-order valence-corrected chi connectivity index (χ1v) is 10.2. The van der Waals surface area contributed by atoms with Crippen LogP contribution in [0.3, 0.4) is 0 Å². The van der Waals surface area contributed by atoms with Crippen LogP contribution in [0.5, 0.6) is 0 Å². The number of carbonyl (C=O) groups excluding carboxylic acids is 1. The Morgan fingerprint density at radius 1 is 1.04 bits per heavy atom. The van der Waals surface area contributed by atoms with Crippen LogP contribution in [0, 0.1) is 0 Å². The smallest absolute Gasteiger partial charge is 0.249 e. The van der Waals surface area contributed by atoms with Crippen LogP contribution in [0.4, 0.5) is 0 Å². The van der Waals surface area contributed by atoms with Gasteiger partial charge < -0.3 is 14.7 Å². The quantitative estimate of drug-likeness (QED) is 0.613. The summed E-state index contributed by atoms with van der Waals surface area (Å²) in [6, 6.07) is 16.7. The predicted molar refractivity (Wildman–Crippen MR) is 113 cm³/mol. The van der Waals surface area contributed by atoms with Crippen molar-refractivity contribution in [1.29, 1.82) is 0 Å². The summed E-state index contributed by atoms with van der Waals surface area (Å²) in [4.78, 5) is 12.4. The third-order valence-electron chi connectivity index (χ3n) is 3.31. The third-order valence-corrected chi connectivity index (χ3v) is 4.30. The summed E-state index contributed by atoms with van der Waals surface area (Å²) in [7, 11) is 0. The SMILES string of the molecule is CC.CC.NC1=C(OSCc2ccccc2)C(=O)C(c2ccc(Cl)cc2)O1. The number of ether oxygens (including phenoxy) is 1. The van der Waals surface area contributed by atoms with Gasteiger partial charge in [0.2, 0.25) is 17.4 Å². The highest BCUT2D eigenvalue weighted by Gasteiger charge is 2.37. The predicted octanol–water partition coefficient (Wildman–Crippen LogP) is 6.03. The van der Waals surface area contributed by atoms with Gasteiger partial charge in [-0.15, -0.1) is 0 Å². The van der Waals surface area contributed by atoms with Crippen molar-refractivity contribution in [2.24, 2.45) is 5.73 Å². The summed E-state index contributed by atoms with van der Waals surface area (Å²) in [6.45, 7) is 8.00. The zero-order chi connectivity index (χ0) is 20.2. The van der Waals surface area contributed by atoms with E-state index in [1.165, 1.54) is 0 Å². The van der Waals surface area contributed by atoms with Gasteiger partial charge in [-0.3, -0.25) is 4.79 Å². The van der Waals surface area contributed by atoms with Crippen molar-refractivity contribution < 1.29 is 13.7 Å². The molecule has 0 aliphatic carbocycles. The van der Waals surface area contributed by atoms with Crippen LogP contribution in [-0.2, 0) is 19.5 Å². The lowest BCUT2D eigenvalue weighted by Gasteiger charge is -2.09. The third kappa shape index (κ3) is 6.52. The largest absolute Gasteiger partial charge is 0.460 e. The maximum absolute atomic E-state index is 12.4. The van der Waals surface area contributed by atoms with Crippen LogP contribution in [0.1, 0.15) is 44.9 Å². The topological polar surface area (TPSA) is 61.5 Å². The molecule has 0 saturated heterocycles. The molecule has 1 unspecified atom stereocenters. The highest BCUT2D eigenvalue weighted by molar-refractivity contribution is 7.94. The molecule has 1 aliphatic rings. The summed E-state index contributed by atoms with van der Waals surface area (Å²) >= 11 is 7.00. The van der Waals surface area contributed by atoms with Crippen molar-refractivity contribution in [2.75, 3.05) is 0 Å². The highest BCUT2D eigenvalue weighted by atomic mass is 35.5. The van der Waals surface area contributed by atoms with Crippen molar-refractivity contribution in [3.05, 3.63) is 82.4 Å². The number of rotatable bonds is 5. The van der Waals surface area contributed by atoms with E-state index >= 15 is 0 Å². The maximum Gasteiger partial charge on any atom is 0.249 e. The number of carbonyl (C=O) groups is 1.